The van der Waals surface area contributed by atoms with Crippen LogP contribution in [0.5, 0.6) is 0 Å². The summed E-state index contributed by atoms with van der Waals surface area (Å²) < 4.78 is 5.47. The molecule has 1 atom stereocenters. The van der Waals surface area contributed by atoms with Gasteiger partial charge in [-0.3, -0.25) is 4.99 Å². The molecule has 1 N–H and O–H groups in total. The van der Waals surface area contributed by atoms with Crippen LogP contribution in [0.15, 0.2) is 4.99 Å². The molecule has 0 aromatic carbocycles. The Bertz CT molecular complexity index is 271. The van der Waals surface area contributed by atoms with E-state index in [0.717, 1.165) is 51.8 Å². The second-order valence-electron chi connectivity index (χ2n) is 5.48. The maximum absolute atomic E-state index is 5.47. The smallest absolute Gasteiger partial charge is 0.193 e. The van der Waals surface area contributed by atoms with Crippen molar-refractivity contribution in [2.24, 2.45) is 10.4 Å². The van der Waals surface area contributed by atoms with Crippen LogP contribution in [-0.2, 0) is 4.74 Å². The Hall–Kier alpha value is -0.0400. The van der Waals surface area contributed by atoms with Gasteiger partial charge in [0, 0.05) is 31.7 Å². The van der Waals surface area contributed by atoms with Gasteiger partial charge in [0.05, 0.1) is 13.2 Å². The quantitative estimate of drug-likeness (QED) is 0.472. The molecular formula is C13H26IN3O. The number of rotatable bonds is 3. The van der Waals surface area contributed by atoms with Crippen LogP contribution < -0.4 is 5.32 Å². The van der Waals surface area contributed by atoms with Gasteiger partial charge in [0.2, 0.25) is 0 Å². The van der Waals surface area contributed by atoms with Gasteiger partial charge < -0.3 is 15.0 Å². The van der Waals surface area contributed by atoms with E-state index in [4.69, 9.17) is 9.73 Å². The fraction of sp³-hybridized carbons (Fsp3) is 0.923. The summed E-state index contributed by atoms with van der Waals surface area (Å²) in [7, 11) is 0. The minimum atomic E-state index is 0. The molecule has 0 radical (unpaired) electrons. The third kappa shape index (κ3) is 4.26. The Labute approximate surface area is 128 Å². The summed E-state index contributed by atoms with van der Waals surface area (Å²) in [5.74, 6) is 1.10. The van der Waals surface area contributed by atoms with Crippen LogP contribution >= 0.6 is 24.0 Å². The number of nitrogens with one attached hydrogen (secondary N) is 1. The highest BCUT2D eigenvalue weighted by molar-refractivity contribution is 14.0. The summed E-state index contributed by atoms with van der Waals surface area (Å²) in [5, 5.41) is 3.40. The first-order chi connectivity index (χ1) is 8.23. The van der Waals surface area contributed by atoms with E-state index in [1.165, 1.54) is 12.8 Å². The van der Waals surface area contributed by atoms with Crippen LogP contribution in [0.4, 0.5) is 0 Å². The Balaban J connectivity index is 0.00000162. The van der Waals surface area contributed by atoms with Gasteiger partial charge >= 0.3 is 0 Å². The molecule has 2 aliphatic rings. The SMILES string of the molecule is CCNC(=NCC1(C)CCOC1)N1CCCC1.I. The molecule has 0 aliphatic carbocycles. The Morgan fingerprint density at radius 2 is 2.11 bits per heavy atom. The fourth-order valence-corrected chi connectivity index (χ4v) is 2.45. The summed E-state index contributed by atoms with van der Waals surface area (Å²) >= 11 is 0. The minimum absolute atomic E-state index is 0. The number of halogens is 1. The highest BCUT2D eigenvalue weighted by atomic mass is 127. The molecule has 2 aliphatic heterocycles. The molecule has 4 nitrogen and oxygen atoms in total. The first-order valence-corrected chi connectivity index (χ1v) is 6.84. The first kappa shape index (κ1) is 16.0. The van der Waals surface area contributed by atoms with Crippen molar-refractivity contribution in [1.29, 1.82) is 0 Å². The van der Waals surface area contributed by atoms with E-state index >= 15 is 0 Å². The predicted molar refractivity (Wildman–Crippen MR) is 85.7 cm³/mol. The van der Waals surface area contributed by atoms with Crippen LogP contribution in [-0.4, -0.2) is 50.3 Å². The van der Waals surface area contributed by atoms with Gasteiger partial charge in [-0.2, -0.15) is 0 Å². The number of hydrogen-bond acceptors (Lipinski definition) is 2. The zero-order chi connectivity index (χ0) is 12.1. The van der Waals surface area contributed by atoms with Crippen molar-refractivity contribution < 1.29 is 4.74 Å². The first-order valence-electron chi connectivity index (χ1n) is 6.84. The molecular weight excluding hydrogens is 341 g/mol. The van der Waals surface area contributed by atoms with E-state index in [1.54, 1.807) is 0 Å². The number of hydrogen-bond donors (Lipinski definition) is 1. The van der Waals surface area contributed by atoms with Gasteiger partial charge in [-0.25, -0.2) is 0 Å². The van der Waals surface area contributed by atoms with Crippen molar-refractivity contribution in [1.82, 2.24) is 10.2 Å². The maximum Gasteiger partial charge on any atom is 0.193 e. The lowest BCUT2D eigenvalue weighted by Gasteiger charge is -2.24. The fourth-order valence-electron chi connectivity index (χ4n) is 2.45. The molecule has 106 valence electrons. The molecule has 2 fully saturated rings. The lowest BCUT2D eigenvalue weighted by molar-refractivity contribution is 0.162. The second-order valence-corrected chi connectivity index (χ2v) is 5.48. The van der Waals surface area contributed by atoms with Crippen LogP contribution in [0.3, 0.4) is 0 Å². The molecule has 0 saturated carbocycles. The van der Waals surface area contributed by atoms with E-state index < -0.39 is 0 Å². The summed E-state index contributed by atoms with van der Waals surface area (Å²) in [6.07, 6.45) is 3.73. The van der Waals surface area contributed by atoms with Gasteiger partial charge in [0.25, 0.3) is 0 Å². The van der Waals surface area contributed by atoms with Crippen LogP contribution in [0, 0.1) is 5.41 Å². The van der Waals surface area contributed by atoms with Crippen molar-refractivity contribution >= 4 is 29.9 Å². The molecule has 2 rings (SSSR count). The van der Waals surface area contributed by atoms with Gasteiger partial charge in [0.15, 0.2) is 5.96 Å². The van der Waals surface area contributed by atoms with Gasteiger partial charge in [-0.05, 0) is 26.2 Å². The average Bonchev–Trinajstić information content (AvgIpc) is 2.96. The van der Waals surface area contributed by atoms with Crippen molar-refractivity contribution in [2.45, 2.75) is 33.1 Å². The van der Waals surface area contributed by atoms with Crippen LogP contribution in [0.2, 0.25) is 0 Å². The van der Waals surface area contributed by atoms with Gasteiger partial charge in [-0.15, -0.1) is 24.0 Å². The molecule has 0 aromatic rings. The number of ether oxygens (including phenoxy) is 1. The molecule has 5 heteroatoms. The topological polar surface area (TPSA) is 36.9 Å². The van der Waals surface area contributed by atoms with Crippen molar-refractivity contribution in [2.75, 3.05) is 39.4 Å². The zero-order valence-corrected chi connectivity index (χ0v) is 13.9. The normalized spacial score (nSPS) is 28.3. The third-order valence-corrected chi connectivity index (χ3v) is 3.65. The predicted octanol–water partition coefficient (Wildman–Crippen LogP) is 2.09. The number of likely N-dealkylation sites (tertiary alicyclic amines) is 1. The summed E-state index contributed by atoms with van der Waals surface area (Å²) in [4.78, 5) is 7.18. The summed E-state index contributed by atoms with van der Waals surface area (Å²) in [5.41, 5.74) is 0.250. The second kappa shape index (κ2) is 7.53. The van der Waals surface area contributed by atoms with E-state index in [-0.39, 0.29) is 29.4 Å². The number of guanidine groups is 1. The molecule has 0 aromatic heterocycles. The Morgan fingerprint density at radius 1 is 1.39 bits per heavy atom. The van der Waals surface area contributed by atoms with Crippen molar-refractivity contribution in [3.8, 4) is 0 Å². The average molecular weight is 367 g/mol. The van der Waals surface area contributed by atoms with Crippen molar-refractivity contribution in [3.63, 3.8) is 0 Å². The number of nitrogens with zero attached hydrogens (tertiary/aromatic N) is 2. The van der Waals surface area contributed by atoms with E-state index in [2.05, 4.69) is 24.1 Å². The molecule has 1 unspecified atom stereocenters. The van der Waals surface area contributed by atoms with Crippen LogP contribution in [0.1, 0.15) is 33.1 Å². The Kier molecular flexibility index (Phi) is 6.70. The highest BCUT2D eigenvalue weighted by Crippen LogP contribution is 2.28. The van der Waals surface area contributed by atoms with E-state index in [1.807, 2.05) is 0 Å². The number of aliphatic imine (C=N–C) groups is 1. The molecule has 2 saturated heterocycles. The van der Waals surface area contributed by atoms with Crippen molar-refractivity contribution in [3.05, 3.63) is 0 Å². The molecule has 0 spiro atoms. The highest BCUT2D eigenvalue weighted by Gasteiger charge is 2.29. The summed E-state index contributed by atoms with van der Waals surface area (Å²) in [6, 6.07) is 0. The third-order valence-electron chi connectivity index (χ3n) is 3.65. The van der Waals surface area contributed by atoms with Gasteiger partial charge in [0.1, 0.15) is 0 Å². The standard InChI is InChI=1S/C13H25N3O.HI/c1-3-14-12(16-7-4-5-8-16)15-10-13(2)6-9-17-11-13;/h3-11H2,1-2H3,(H,14,15);1H. The maximum atomic E-state index is 5.47. The monoisotopic (exact) mass is 367 g/mol. The molecule has 18 heavy (non-hydrogen) atoms. The molecule has 0 bridgehead atoms. The van der Waals surface area contributed by atoms with E-state index in [0.29, 0.717) is 0 Å². The lowest BCUT2D eigenvalue weighted by Crippen LogP contribution is -2.40. The minimum Gasteiger partial charge on any atom is -0.381 e. The van der Waals surface area contributed by atoms with Gasteiger partial charge in [-0.1, -0.05) is 6.92 Å². The zero-order valence-electron chi connectivity index (χ0n) is 11.6. The largest absolute Gasteiger partial charge is 0.381 e. The summed E-state index contributed by atoms with van der Waals surface area (Å²) in [6.45, 7) is 10.3. The molecule has 2 heterocycles. The Morgan fingerprint density at radius 3 is 2.67 bits per heavy atom. The van der Waals surface area contributed by atoms with Crippen LogP contribution in [0.25, 0.3) is 0 Å². The molecule has 0 amide bonds. The lowest BCUT2D eigenvalue weighted by atomic mass is 9.90. The van der Waals surface area contributed by atoms with E-state index in [9.17, 15) is 0 Å².